The lowest BCUT2D eigenvalue weighted by Crippen LogP contribution is -2.44. The molecule has 1 aliphatic heterocycles. The lowest BCUT2D eigenvalue weighted by molar-refractivity contribution is 0.323. The van der Waals surface area contributed by atoms with Gasteiger partial charge in [-0.05, 0) is 50.1 Å². The van der Waals surface area contributed by atoms with E-state index in [1.54, 1.807) is 0 Å². The topological polar surface area (TPSA) is 12.0 Å². The standard InChI is InChI=1S/C14H19N/c1-2-5-12(6-3-1)11-14(13-7-8-13)9-4-10-15-14/h1-3,5-6,13,15H,4,7-11H2. The van der Waals surface area contributed by atoms with Crippen molar-refractivity contribution in [2.24, 2.45) is 5.92 Å². The zero-order valence-corrected chi connectivity index (χ0v) is 9.21. The third-order valence-electron chi connectivity index (χ3n) is 4.00. The minimum Gasteiger partial charge on any atom is -0.311 e. The minimum absolute atomic E-state index is 0.460. The first kappa shape index (κ1) is 9.41. The van der Waals surface area contributed by atoms with Crippen LogP contribution in [0.2, 0.25) is 0 Å². The van der Waals surface area contributed by atoms with Gasteiger partial charge < -0.3 is 5.32 Å². The van der Waals surface area contributed by atoms with E-state index in [2.05, 4.69) is 35.6 Å². The van der Waals surface area contributed by atoms with Crippen molar-refractivity contribution in [2.75, 3.05) is 6.54 Å². The van der Waals surface area contributed by atoms with E-state index in [1.165, 1.54) is 44.2 Å². The molecule has 1 saturated heterocycles. The maximum Gasteiger partial charge on any atom is 0.0250 e. The molecule has 1 heteroatoms. The first-order valence-corrected chi connectivity index (χ1v) is 6.18. The van der Waals surface area contributed by atoms with Crippen molar-refractivity contribution < 1.29 is 0 Å². The summed E-state index contributed by atoms with van der Waals surface area (Å²) in [6, 6.07) is 11.0. The second-order valence-electron chi connectivity index (χ2n) is 5.12. The average Bonchev–Trinajstić information content (AvgIpc) is 3.03. The molecule has 15 heavy (non-hydrogen) atoms. The quantitative estimate of drug-likeness (QED) is 0.793. The number of hydrogen-bond donors (Lipinski definition) is 1. The highest BCUT2D eigenvalue weighted by Gasteiger charge is 2.46. The Morgan fingerprint density at radius 2 is 2.00 bits per heavy atom. The Morgan fingerprint density at radius 3 is 2.60 bits per heavy atom. The highest BCUT2D eigenvalue weighted by Crippen LogP contribution is 2.45. The largest absolute Gasteiger partial charge is 0.311 e. The lowest BCUT2D eigenvalue weighted by Gasteiger charge is -2.30. The van der Waals surface area contributed by atoms with Gasteiger partial charge in [-0.25, -0.2) is 0 Å². The van der Waals surface area contributed by atoms with Crippen LogP contribution in [0.15, 0.2) is 30.3 Å². The van der Waals surface area contributed by atoms with Gasteiger partial charge in [0.25, 0.3) is 0 Å². The van der Waals surface area contributed by atoms with Gasteiger partial charge in [-0.2, -0.15) is 0 Å². The summed E-state index contributed by atoms with van der Waals surface area (Å²) in [5.41, 5.74) is 1.96. The van der Waals surface area contributed by atoms with Crippen LogP contribution in [0.3, 0.4) is 0 Å². The molecule has 1 nitrogen and oxygen atoms in total. The van der Waals surface area contributed by atoms with Crippen LogP contribution in [-0.4, -0.2) is 12.1 Å². The molecule has 1 aromatic carbocycles. The van der Waals surface area contributed by atoms with E-state index >= 15 is 0 Å². The molecular formula is C14H19N. The van der Waals surface area contributed by atoms with Gasteiger partial charge in [0, 0.05) is 5.54 Å². The van der Waals surface area contributed by atoms with Gasteiger partial charge in [-0.3, -0.25) is 0 Å². The first-order valence-electron chi connectivity index (χ1n) is 6.18. The highest BCUT2D eigenvalue weighted by molar-refractivity contribution is 5.20. The maximum atomic E-state index is 3.78. The molecule has 1 N–H and O–H groups in total. The third kappa shape index (κ3) is 1.81. The third-order valence-corrected chi connectivity index (χ3v) is 4.00. The number of rotatable bonds is 3. The summed E-state index contributed by atoms with van der Waals surface area (Å²) < 4.78 is 0. The number of nitrogens with one attached hydrogen (secondary N) is 1. The van der Waals surface area contributed by atoms with Gasteiger partial charge in [0.05, 0.1) is 0 Å². The summed E-state index contributed by atoms with van der Waals surface area (Å²) in [6.45, 7) is 1.23. The van der Waals surface area contributed by atoms with E-state index in [0.29, 0.717) is 5.54 Å². The van der Waals surface area contributed by atoms with Crippen LogP contribution in [0.5, 0.6) is 0 Å². The zero-order valence-electron chi connectivity index (χ0n) is 9.21. The molecule has 3 rings (SSSR count). The number of hydrogen-bond acceptors (Lipinski definition) is 1. The van der Waals surface area contributed by atoms with Gasteiger partial charge in [0.2, 0.25) is 0 Å². The molecule has 0 bridgehead atoms. The Hall–Kier alpha value is -0.820. The second-order valence-corrected chi connectivity index (χ2v) is 5.12. The molecule has 1 aromatic rings. The van der Waals surface area contributed by atoms with E-state index in [1.807, 2.05) is 0 Å². The Balaban J connectivity index is 1.79. The Bertz CT molecular complexity index is 320. The van der Waals surface area contributed by atoms with Gasteiger partial charge in [-0.15, -0.1) is 0 Å². The van der Waals surface area contributed by atoms with E-state index in [-0.39, 0.29) is 0 Å². The molecule has 2 fully saturated rings. The summed E-state index contributed by atoms with van der Waals surface area (Å²) in [4.78, 5) is 0. The number of benzene rings is 1. The first-order chi connectivity index (χ1) is 7.39. The van der Waals surface area contributed by atoms with Gasteiger partial charge >= 0.3 is 0 Å². The second kappa shape index (κ2) is 3.64. The summed E-state index contributed by atoms with van der Waals surface area (Å²) in [5.74, 6) is 0.959. The summed E-state index contributed by atoms with van der Waals surface area (Å²) in [6.07, 6.45) is 6.87. The van der Waals surface area contributed by atoms with Crippen molar-refractivity contribution in [3.05, 3.63) is 35.9 Å². The molecule has 1 atom stereocenters. The molecule has 80 valence electrons. The van der Waals surface area contributed by atoms with Gasteiger partial charge in [0.15, 0.2) is 0 Å². The molecule has 1 heterocycles. The summed E-state index contributed by atoms with van der Waals surface area (Å²) >= 11 is 0. The fourth-order valence-corrected chi connectivity index (χ4v) is 3.07. The highest BCUT2D eigenvalue weighted by atomic mass is 15.0. The van der Waals surface area contributed by atoms with E-state index in [0.717, 1.165) is 5.92 Å². The summed E-state index contributed by atoms with van der Waals surface area (Å²) in [5, 5.41) is 3.78. The molecule has 1 unspecified atom stereocenters. The van der Waals surface area contributed by atoms with Crippen LogP contribution < -0.4 is 5.32 Å². The SMILES string of the molecule is c1ccc(CC2(C3CC3)CCCN2)cc1. The van der Waals surface area contributed by atoms with Crippen LogP contribution in [0, 0.1) is 5.92 Å². The van der Waals surface area contributed by atoms with Crippen molar-refractivity contribution in [3.63, 3.8) is 0 Å². The van der Waals surface area contributed by atoms with Crippen molar-refractivity contribution in [2.45, 2.75) is 37.6 Å². The molecule has 0 spiro atoms. The van der Waals surface area contributed by atoms with Crippen LogP contribution in [0.1, 0.15) is 31.2 Å². The van der Waals surface area contributed by atoms with Gasteiger partial charge in [-0.1, -0.05) is 30.3 Å². The molecular weight excluding hydrogens is 182 g/mol. The van der Waals surface area contributed by atoms with E-state index < -0.39 is 0 Å². The van der Waals surface area contributed by atoms with Crippen molar-refractivity contribution in [1.29, 1.82) is 0 Å². The maximum absolute atomic E-state index is 3.78. The molecule has 0 aromatic heterocycles. The molecule has 1 aliphatic carbocycles. The van der Waals surface area contributed by atoms with Gasteiger partial charge in [0.1, 0.15) is 0 Å². The fourth-order valence-electron chi connectivity index (χ4n) is 3.07. The van der Waals surface area contributed by atoms with Crippen LogP contribution >= 0.6 is 0 Å². The van der Waals surface area contributed by atoms with Crippen molar-refractivity contribution >= 4 is 0 Å². The zero-order chi connectivity index (χ0) is 10.1. The summed E-state index contributed by atoms with van der Waals surface area (Å²) in [7, 11) is 0. The van der Waals surface area contributed by atoms with Crippen LogP contribution in [0.25, 0.3) is 0 Å². The van der Waals surface area contributed by atoms with E-state index in [9.17, 15) is 0 Å². The van der Waals surface area contributed by atoms with Crippen molar-refractivity contribution in [1.82, 2.24) is 5.32 Å². The average molecular weight is 201 g/mol. The molecule has 0 amide bonds. The normalized spacial score (nSPS) is 30.7. The van der Waals surface area contributed by atoms with Crippen molar-refractivity contribution in [3.8, 4) is 0 Å². The fraction of sp³-hybridized carbons (Fsp3) is 0.571. The Labute approximate surface area is 91.9 Å². The smallest absolute Gasteiger partial charge is 0.0250 e. The minimum atomic E-state index is 0.460. The van der Waals surface area contributed by atoms with Crippen LogP contribution in [0.4, 0.5) is 0 Å². The van der Waals surface area contributed by atoms with E-state index in [4.69, 9.17) is 0 Å². The Morgan fingerprint density at radius 1 is 1.20 bits per heavy atom. The predicted molar refractivity (Wildman–Crippen MR) is 62.8 cm³/mol. The van der Waals surface area contributed by atoms with Crippen LogP contribution in [-0.2, 0) is 6.42 Å². The Kier molecular flexibility index (Phi) is 2.28. The monoisotopic (exact) mass is 201 g/mol. The molecule has 2 aliphatic rings. The predicted octanol–water partition coefficient (Wildman–Crippen LogP) is 2.76. The molecule has 0 radical (unpaired) electrons. The molecule has 1 saturated carbocycles. The lowest BCUT2D eigenvalue weighted by atomic mass is 9.85.